The third-order valence-electron chi connectivity index (χ3n) is 3.10. The molecule has 2 N–H and O–H groups in total. The van der Waals surface area contributed by atoms with Crippen molar-refractivity contribution in [3.05, 3.63) is 35.1 Å². The minimum Gasteiger partial charge on any atom is -0.469 e. The van der Waals surface area contributed by atoms with Gasteiger partial charge in [0.25, 0.3) is 0 Å². The van der Waals surface area contributed by atoms with Crippen molar-refractivity contribution in [3.63, 3.8) is 0 Å². The van der Waals surface area contributed by atoms with Crippen LogP contribution in [0.2, 0.25) is 0 Å². The molecular formula is C13H15F4NO2. The first-order chi connectivity index (χ1) is 9.00. The van der Waals surface area contributed by atoms with E-state index in [1.807, 2.05) is 0 Å². The fourth-order valence-electron chi connectivity index (χ4n) is 1.76. The molecule has 1 atom stereocenters. The molecule has 0 aliphatic rings. The molecule has 0 radical (unpaired) electrons. The Morgan fingerprint density at radius 1 is 1.25 bits per heavy atom. The number of hydrogen-bond donors (Lipinski definition) is 1. The summed E-state index contributed by atoms with van der Waals surface area (Å²) < 4.78 is 55.8. The van der Waals surface area contributed by atoms with Crippen LogP contribution in [0.15, 0.2) is 18.2 Å². The van der Waals surface area contributed by atoms with E-state index < -0.39 is 35.0 Å². The van der Waals surface area contributed by atoms with Gasteiger partial charge in [0, 0.05) is 6.04 Å². The van der Waals surface area contributed by atoms with Gasteiger partial charge in [-0.3, -0.25) is 4.79 Å². The van der Waals surface area contributed by atoms with Crippen LogP contribution in [-0.2, 0) is 15.7 Å². The van der Waals surface area contributed by atoms with Gasteiger partial charge in [-0.2, -0.15) is 13.2 Å². The third-order valence-corrected chi connectivity index (χ3v) is 3.10. The lowest BCUT2D eigenvalue weighted by atomic mass is 9.80. The number of carbonyl (C=O) groups excluding carboxylic acids is 1. The zero-order valence-corrected chi connectivity index (χ0v) is 11.2. The fraction of sp³-hybridized carbons (Fsp3) is 0.462. The summed E-state index contributed by atoms with van der Waals surface area (Å²) in [5.74, 6) is -1.76. The van der Waals surface area contributed by atoms with Gasteiger partial charge >= 0.3 is 12.1 Å². The van der Waals surface area contributed by atoms with Crippen molar-refractivity contribution in [2.24, 2.45) is 11.1 Å². The number of ether oxygens (including phenoxy) is 1. The van der Waals surface area contributed by atoms with Crippen molar-refractivity contribution in [1.82, 2.24) is 0 Å². The van der Waals surface area contributed by atoms with Gasteiger partial charge in [-0.25, -0.2) is 4.39 Å². The minimum absolute atomic E-state index is 0.118. The van der Waals surface area contributed by atoms with Crippen LogP contribution in [0, 0.1) is 11.2 Å². The molecule has 0 bridgehead atoms. The van der Waals surface area contributed by atoms with Crippen LogP contribution < -0.4 is 5.73 Å². The highest BCUT2D eigenvalue weighted by Gasteiger charge is 2.38. The highest BCUT2D eigenvalue weighted by atomic mass is 19.4. The van der Waals surface area contributed by atoms with Gasteiger partial charge < -0.3 is 10.5 Å². The smallest absolute Gasteiger partial charge is 0.416 e. The first-order valence-corrected chi connectivity index (χ1v) is 5.72. The van der Waals surface area contributed by atoms with E-state index in [0.717, 1.165) is 19.2 Å². The highest BCUT2D eigenvalue weighted by molar-refractivity contribution is 5.77. The molecule has 0 saturated carbocycles. The largest absolute Gasteiger partial charge is 0.469 e. The van der Waals surface area contributed by atoms with Crippen LogP contribution in [0.5, 0.6) is 0 Å². The lowest BCUT2D eigenvalue weighted by Gasteiger charge is -2.29. The van der Waals surface area contributed by atoms with Crippen LogP contribution in [0.1, 0.15) is 31.0 Å². The van der Waals surface area contributed by atoms with Gasteiger partial charge in [0.2, 0.25) is 0 Å². The first-order valence-electron chi connectivity index (χ1n) is 5.72. The molecule has 1 rings (SSSR count). The second-order valence-corrected chi connectivity index (χ2v) is 4.96. The van der Waals surface area contributed by atoms with Gasteiger partial charge in [-0.1, -0.05) is 0 Å². The van der Waals surface area contributed by atoms with Gasteiger partial charge in [0.05, 0.1) is 18.1 Å². The van der Waals surface area contributed by atoms with Crippen molar-refractivity contribution in [1.29, 1.82) is 0 Å². The molecule has 0 aliphatic carbocycles. The summed E-state index contributed by atoms with van der Waals surface area (Å²) in [6.45, 7) is 2.84. The second-order valence-electron chi connectivity index (χ2n) is 4.96. The summed E-state index contributed by atoms with van der Waals surface area (Å²) in [5, 5.41) is 0. The lowest BCUT2D eigenvalue weighted by molar-refractivity contribution is -0.152. The van der Waals surface area contributed by atoms with E-state index in [-0.39, 0.29) is 5.56 Å². The maximum atomic E-state index is 13.3. The molecule has 7 heteroatoms. The van der Waals surface area contributed by atoms with E-state index in [1.165, 1.54) is 13.8 Å². The van der Waals surface area contributed by atoms with Crippen LogP contribution in [0.4, 0.5) is 17.6 Å². The van der Waals surface area contributed by atoms with E-state index >= 15 is 0 Å². The Morgan fingerprint density at radius 3 is 2.25 bits per heavy atom. The predicted molar refractivity (Wildman–Crippen MR) is 64.1 cm³/mol. The Hall–Kier alpha value is -1.63. The molecule has 112 valence electrons. The molecule has 3 nitrogen and oxygen atoms in total. The van der Waals surface area contributed by atoms with Crippen molar-refractivity contribution >= 4 is 5.97 Å². The maximum absolute atomic E-state index is 13.3. The SMILES string of the molecule is COC(=O)C(C)(C)[C@@H](N)c1cc(F)cc(C(F)(F)F)c1. The molecule has 0 spiro atoms. The van der Waals surface area contributed by atoms with E-state index in [2.05, 4.69) is 4.74 Å². The molecule has 0 unspecified atom stereocenters. The highest BCUT2D eigenvalue weighted by Crippen LogP contribution is 2.36. The summed E-state index contributed by atoms with van der Waals surface area (Å²) >= 11 is 0. The first kappa shape index (κ1) is 16.4. The number of rotatable bonds is 3. The number of benzene rings is 1. The summed E-state index contributed by atoms with van der Waals surface area (Å²) in [5.41, 5.74) is 3.24. The zero-order chi connectivity index (χ0) is 15.7. The number of methoxy groups -OCH3 is 1. The summed E-state index contributed by atoms with van der Waals surface area (Å²) in [6, 6.07) is 0.858. The standard InChI is InChI=1S/C13H15F4NO2/c1-12(2,11(19)20-3)10(18)7-4-8(13(15,16)17)6-9(14)5-7/h4-6,10H,18H2,1-3H3/t10-/m0/s1. The minimum atomic E-state index is -4.69. The summed E-state index contributed by atoms with van der Waals surface area (Å²) in [6.07, 6.45) is -4.69. The Bertz CT molecular complexity index is 512. The Kier molecular flexibility index (Phi) is 4.43. The predicted octanol–water partition coefficient (Wildman–Crippen LogP) is 3.04. The molecular weight excluding hydrogens is 278 g/mol. The third kappa shape index (κ3) is 3.27. The topological polar surface area (TPSA) is 52.3 Å². The average Bonchev–Trinajstić information content (AvgIpc) is 2.34. The number of halogens is 4. The molecule has 0 amide bonds. The number of alkyl halides is 3. The quantitative estimate of drug-likeness (QED) is 0.688. The average molecular weight is 293 g/mol. The van der Waals surface area contributed by atoms with Gasteiger partial charge in [0.15, 0.2) is 0 Å². The van der Waals surface area contributed by atoms with Crippen molar-refractivity contribution in [3.8, 4) is 0 Å². The fourth-order valence-corrected chi connectivity index (χ4v) is 1.76. The summed E-state index contributed by atoms with van der Waals surface area (Å²) in [4.78, 5) is 11.6. The van der Waals surface area contributed by atoms with Gasteiger partial charge in [0.1, 0.15) is 5.82 Å². The number of esters is 1. The normalized spacial score (nSPS) is 14.0. The molecule has 0 heterocycles. The zero-order valence-electron chi connectivity index (χ0n) is 11.2. The van der Waals surface area contributed by atoms with Gasteiger partial charge in [-0.15, -0.1) is 0 Å². The molecule has 0 fully saturated rings. The Labute approximate surface area is 113 Å². The molecule has 0 aliphatic heterocycles. The molecule has 1 aromatic rings. The van der Waals surface area contributed by atoms with E-state index in [0.29, 0.717) is 6.07 Å². The lowest BCUT2D eigenvalue weighted by Crippen LogP contribution is -2.37. The van der Waals surface area contributed by atoms with Crippen LogP contribution in [-0.4, -0.2) is 13.1 Å². The number of nitrogens with two attached hydrogens (primary N) is 1. The summed E-state index contributed by atoms with van der Waals surface area (Å²) in [7, 11) is 1.14. The Balaban J connectivity index is 3.27. The van der Waals surface area contributed by atoms with Crippen molar-refractivity contribution in [2.75, 3.05) is 7.11 Å². The molecule has 0 aromatic heterocycles. The van der Waals surface area contributed by atoms with Crippen LogP contribution >= 0.6 is 0 Å². The van der Waals surface area contributed by atoms with Gasteiger partial charge in [-0.05, 0) is 37.6 Å². The molecule has 1 aromatic carbocycles. The molecule has 20 heavy (non-hydrogen) atoms. The maximum Gasteiger partial charge on any atom is 0.416 e. The van der Waals surface area contributed by atoms with Crippen LogP contribution in [0.25, 0.3) is 0 Å². The number of carbonyl (C=O) groups is 1. The van der Waals surface area contributed by atoms with Crippen molar-refractivity contribution in [2.45, 2.75) is 26.1 Å². The monoisotopic (exact) mass is 293 g/mol. The van der Waals surface area contributed by atoms with Crippen LogP contribution in [0.3, 0.4) is 0 Å². The second kappa shape index (κ2) is 5.40. The Morgan fingerprint density at radius 2 is 1.80 bits per heavy atom. The van der Waals surface area contributed by atoms with E-state index in [4.69, 9.17) is 5.73 Å². The molecule has 0 saturated heterocycles. The number of hydrogen-bond acceptors (Lipinski definition) is 3. The van der Waals surface area contributed by atoms with Crippen molar-refractivity contribution < 1.29 is 27.1 Å². The van der Waals surface area contributed by atoms with E-state index in [1.54, 1.807) is 0 Å². The van der Waals surface area contributed by atoms with E-state index in [9.17, 15) is 22.4 Å².